The maximum atomic E-state index is 4.25. The van der Waals surface area contributed by atoms with Gasteiger partial charge in [0.05, 0.1) is 23.8 Å². The average Bonchev–Trinajstić information content (AvgIpc) is 2.87. The van der Waals surface area contributed by atoms with E-state index in [1.54, 1.807) is 0 Å². The molecule has 1 aliphatic rings. The van der Waals surface area contributed by atoms with Crippen LogP contribution in [-0.4, -0.2) is 29.6 Å². The maximum absolute atomic E-state index is 4.25. The van der Waals surface area contributed by atoms with E-state index in [1.165, 1.54) is 17.9 Å². The van der Waals surface area contributed by atoms with Crippen LogP contribution in [0, 0.1) is 5.92 Å². The number of nitrogens with one attached hydrogen (secondary N) is 2. The largest absolute Gasteiger partial charge is 0.384 e. The van der Waals surface area contributed by atoms with E-state index in [0.29, 0.717) is 0 Å². The molecule has 0 bridgehead atoms. The normalized spacial score (nSPS) is 19.2. The van der Waals surface area contributed by atoms with Gasteiger partial charge in [-0.2, -0.15) is 11.8 Å². The smallest absolute Gasteiger partial charge is 0.0547 e. The van der Waals surface area contributed by atoms with E-state index >= 15 is 0 Å². The Balaban J connectivity index is 1.82. The lowest BCUT2D eigenvalue weighted by atomic mass is 10.1. The Morgan fingerprint density at radius 3 is 2.88 bits per heavy atom. The molecule has 94 valence electrons. The van der Waals surface area contributed by atoms with Crippen molar-refractivity contribution in [3.05, 3.63) is 18.5 Å². The number of anilines is 2. The molecular formula is C13H21N3S. The van der Waals surface area contributed by atoms with Gasteiger partial charge in [-0.15, -0.1) is 0 Å². The van der Waals surface area contributed by atoms with E-state index in [0.717, 1.165) is 36.8 Å². The lowest BCUT2D eigenvalue weighted by Crippen LogP contribution is -2.13. The van der Waals surface area contributed by atoms with Gasteiger partial charge in [0.2, 0.25) is 0 Å². The second-order valence-corrected chi connectivity index (χ2v) is 5.65. The molecule has 2 rings (SSSR count). The van der Waals surface area contributed by atoms with Crippen LogP contribution in [0.15, 0.2) is 18.5 Å². The van der Waals surface area contributed by atoms with Gasteiger partial charge in [0.1, 0.15) is 0 Å². The minimum atomic E-state index is 0.826. The molecular weight excluding hydrogens is 230 g/mol. The summed E-state index contributed by atoms with van der Waals surface area (Å²) in [6.45, 7) is 4.25. The van der Waals surface area contributed by atoms with Gasteiger partial charge in [0.25, 0.3) is 0 Å². The predicted octanol–water partition coefficient (Wildman–Crippen LogP) is 3.07. The highest BCUT2D eigenvalue weighted by molar-refractivity contribution is 7.99. The summed E-state index contributed by atoms with van der Waals surface area (Å²) in [5.41, 5.74) is 2.24. The number of thioether (sulfide) groups is 1. The summed E-state index contributed by atoms with van der Waals surface area (Å²) < 4.78 is 0. The number of hydrogen-bond donors (Lipinski definition) is 2. The molecule has 0 spiro atoms. The third-order valence-corrected chi connectivity index (χ3v) is 4.17. The monoisotopic (exact) mass is 251 g/mol. The molecule has 2 heterocycles. The van der Waals surface area contributed by atoms with E-state index in [4.69, 9.17) is 0 Å². The summed E-state index contributed by atoms with van der Waals surface area (Å²) in [7, 11) is 0. The molecule has 1 atom stereocenters. The van der Waals surface area contributed by atoms with Gasteiger partial charge < -0.3 is 10.6 Å². The summed E-state index contributed by atoms with van der Waals surface area (Å²) >= 11 is 2.06. The molecule has 0 radical (unpaired) electrons. The van der Waals surface area contributed by atoms with Crippen molar-refractivity contribution in [3.8, 4) is 0 Å². The molecule has 1 fully saturated rings. The third kappa shape index (κ3) is 4.11. The van der Waals surface area contributed by atoms with Gasteiger partial charge in [-0.1, -0.05) is 6.92 Å². The summed E-state index contributed by atoms with van der Waals surface area (Å²) in [5.74, 6) is 3.45. The lowest BCUT2D eigenvalue weighted by Gasteiger charge is -2.12. The second-order valence-electron chi connectivity index (χ2n) is 4.50. The molecule has 0 saturated carbocycles. The van der Waals surface area contributed by atoms with Crippen LogP contribution in [-0.2, 0) is 0 Å². The zero-order valence-corrected chi connectivity index (χ0v) is 11.2. The summed E-state index contributed by atoms with van der Waals surface area (Å²) in [6.07, 6.45) is 6.27. The molecule has 1 aliphatic heterocycles. The Hall–Kier alpha value is -0.900. The molecule has 4 heteroatoms. The zero-order valence-electron chi connectivity index (χ0n) is 10.4. The first kappa shape index (κ1) is 12.6. The molecule has 1 aromatic heterocycles. The average molecular weight is 251 g/mol. The molecule has 2 N–H and O–H groups in total. The van der Waals surface area contributed by atoms with Crippen LogP contribution < -0.4 is 10.6 Å². The number of aromatic nitrogens is 1. The fourth-order valence-electron chi connectivity index (χ4n) is 1.91. The van der Waals surface area contributed by atoms with Gasteiger partial charge in [0.15, 0.2) is 0 Å². The Bertz CT molecular complexity index is 337. The van der Waals surface area contributed by atoms with Crippen molar-refractivity contribution in [2.24, 2.45) is 5.92 Å². The highest BCUT2D eigenvalue weighted by atomic mass is 32.2. The Labute approximate surface area is 108 Å². The molecule has 0 aliphatic carbocycles. The van der Waals surface area contributed by atoms with Gasteiger partial charge in [-0.25, -0.2) is 0 Å². The van der Waals surface area contributed by atoms with E-state index in [-0.39, 0.29) is 0 Å². The second kappa shape index (κ2) is 6.74. The first-order valence-corrected chi connectivity index (χ1v) is 7.54. The number of pyridine rings is 1. The lowest BCUT2D eigenvalue weighted by molar-refractivity contribution is 0.632. The van der Waals surface area contributed by atoms with Crippen molar-refractivity contribution < 1.29 is 0 Å². The standard InChI is InChI=1S/C13H21N3S/c1-2-4-15-12-6-13(9-14-8-12)16-7-11-3-5-17-10-11/h6,8-9,11,15-16H,2-5,7,10H2,1H3. The SMILES string of the molecule is CCCNc1cncc(NCC2CCSC2)c1. The first-order chi connectivity index (χ1) is 8.38. The Morgan fingerprint density at radius 1 is 1.35 bits per heavy atom. The highest BCUT2D eigenvalue weighted by Gasteiger charge is 2.14. The number of rotatable bonds is 6. The van der Waals surface area contributed by atoms with E-state index in [1.807, 2.05) is 12.4 Å². The highest BCUT2D eigenvalue weighted by Crippen LogP contribution is 2.24. The summed E-state index contributed by atoms with van der Waals surface area (Å²) in [5, 5.41) is 6.84. The summed E-state index contributed by atoms with van der Waals surface area (Å²) in [6, 6.07) is 2.14. The van der Waals surface area contributed by atoms with Crippen molar-refractivity contribution in [1.29, 1.82) is 0 Å². The van der Waals surface area contributed by atoms with Gasteiger partial charge >= 0.3 is 0 Å². The van der Waals surface area contributed by atoms with Crippen molar-refractivity contribution >= 4 is 23.1 Å². The van der Waals surface area contributed by atoms with Crippen LogP contribution in [0.25, 0.3) is 0 Å². The molecule has 17 heavy (non-hydrogen) atoms. The fourth-order valence-corrected chi connectivity index (χ4v) is 3.19. The summed E-state index contributed by atoms with van der Waals surface area (Å²) in [4.78, 5) is 4.25. The molecule has 3 nitrogen and oxygen atoms in total. The van der Waals surface area contributed by atoms with Crippen molar-refractivity contribution in [2.75, 3.05) is 35.2 Å². The van der Waals surface area contributed by atoms with Crippen LogP contribution in [0.1, 0.15) is 19.8 Å². The minimum absolute atomic E-state index is 0.826. The molecule has 1 aromatic rings. The van der Waals surface area contributed by atoms with Gasteiger partial charge in [0, 0.05) is 13.1 Å². The van der Waals surface area contributed by atoms with Crippen molar-refractivity contribution in [1.82, 2.24) is 4.98 Å². The molecule has 0 aromatic carbocycles. The molecule has 0 amide bonds. The van der Waals surface area contributed by atoms with Crippen molar-refractivity contribution in [2.45, 2.75) is 19.8 Å². The number of hydrogen-bond acceptors (Lipinski definition) is 4. The Kier molecular flexibility index (Phi) is 4.98. The van der Waals surface area contributed by atoms with Crippen molar-refractivity contribution in [3.63, 3.8) is 0 Å². The fraction of sp³-hybridized carbons (Fsp3) is 0.615. The van der Waals surface area contributed by atoms with Crippen LogP contribution in [0.4, 0.5) is 11.4 Å². The van der Waals surface area contributed by atoms with Crippen LogP contribution in [0.2, 0.25) is 0 Å². The zero-order chi connectivity index (χ0) is 11.9. The number of nitrogens with zero attached hydrogens (tertiary/aromatic N) is 1. The third-order valence-electron chi connectivity index (χ3n) is 2.94. The van der Waals surface area contributed by atoms with E-state index < -0.39 is 0 Å². The van der Waals surface area contributed by atoms with E-state index in [2.05, 4.69) is 40.4 Å². The van der Waals surface area contributed by atoms with Crippen LogP contribution in [0.5, 0.6) is 0 Å². The van der Waals surface area contributed by atoms with Crippen LogP contribution >= 0.6 is 11.8 Å². The van der Waals surface area contributed by atoms with Gasteiger partial charge in [-0.3, -0.25) is 4.98 Å². The predicted molar refractivity (Wildman–Crippen MR) is 76.9 cm³/mol. The minimum Gasteiger partial charge on any atom is -0.384 e. The maximum Gasteiger partial charge on any atom is 0.0547 e. The Morgan fingerprint density at radius 2 is 2.18 bits per heavy atom. The first-order valence-electron chi connectivity index (χ1n) is 6.39. The molecule has 1 unspecified atom stereocenters. The quantitative estimate of drug-likeness (QED) is 0.815. The van der Waals surface area contributed by atoms with Crippen LogP contribution in [0.3, 0.4) is 0 Å². The topological polar surface area (TPSA) is 37.0 Å². The van der Waals surface area contributed by atoms with E-state index in [9.17, 15) is 0 Å². The molecule has 1 saturated heterocycles. The van der Waals surface area contributed by atoms with Gasteiger partial charge in [-0.05, 0) is 36.3 Å².